The van der Waals surface area contributed by atoms with Gasteiger partial charge in [0.05, 0.1) is 10.9 Å². The summed E-state index contributed by atoms with van der Waals surface area (Å²) in [5, 5.41) is 0.688. The Bertz CT molecular complexity index is 794. The number of nitrogens with zero attached hydrogens (tertiary/aromatic N) is 2. The topological polar surface area (TPSA) is 58.6 Å². The molecule has 6 heteroatoms. The molecule has 1 N–H and O–H groups in total. The summed E-state index contributed by atoms with van der Waals surface area (Å²) >= 11 is 3.17. The molecule has 0 atom stereocenters. The smallest absolute Gasteiger partial charge is 0.259 e. The zero-order chi connectivity index (χ0) is 14.3. The Balaban J connectivity index is 2.07. The third-order valence-electron chi connectivity index (χ3n) is 3.02. The Morgan fingerprint density at radius 2 is 2.15 bits per heavy atom. The number of aromatic amines is 1. The first-order valence-electron chi connectivity index (χ1n) is 6.34. The maximum atomic E-state index is 12.2. The Morgan fingerprint density at radius 1 is 1.35 bits per heavy atom. The minimum Gasteiger partial charge on any atom is -0.310 e. The van der Waals surface area contributed by atoms with Gasteiger partial charge in [0.2, 0.25) is 0 Å². The fourth-order valence-electron chi connectivity index (χ4n) is 1.92. The van der Waals surface area contributed by atoms with Crippen LogP contribution in [-0.2, 0) is 11.8 Å². The molecular weight excluding hydrogens is 290 g/mol. The van der Waals surface area contributed by atoms with Crippen LogP contribution >= 0.6 is 22.7 Å². The quantitative estimate of drug-likeness (QED) is 0.790. The van der Waals surface area contributed by atoms with Gasteiger partial charge in [-0.1, -0.05) is 20.8 Å². The molecule has 0 aliphatic carbocycles. The number of fused-ring (bicyclic) bond motifs is 1. The van der Waals surface area contributed by atoms with Crippen molar-refractivity contribution in [2.24, 2.45) is 0 Å². The first-order valence-corrected chi connectivity index (χ1v) is 8.04. The van der Waals surface area contributed by atoms with Crippen molar-refractivity contribution in [1.82, 2.24) is 15.0 Å². The van der Waals surface area contributed by atoms with Crippen LogP contribution < -0.4 is 5.56 Å². The van der Waals surface area contributed by atoms with E-state index in [2.05, 4.69) is 35.7 Å². The largest absolute Gasteiger partial charge is 0.310 e. The molecule has 4 nitrogen and oxygen atoms in total. The minimum atomic E-state index is -0.0544. The van der Waals surface area contributed by atoms with Gasteiger partial charge in [0.15, 0.2) is 0 Å². The van der Waals surface area contributed by atoms with E-state index in [-0.39, 0.29) is 11.0 Å². The minimum absolute atomic E-state index is 0.0373. The van der Waals surface area contributed by atoms with E-state index < -0.39 is 0 Å². The van der Waals surface area contributed by atoms with Crippen molar-refractivity contribution in [3.63, 3.8) is 0 Å². The lowest BCUT2D eigenvalue weighted by molar-refractivity contribution is 0.604. The number of hydrogen-bond donors (Lipinski definition) is 1. The maximum Gasteiger partial charge on any atom is 0.259 e. The molecular formula is C14H15N3OS2. The molecule has 104 valence electrons. The molecule has 0 aromatic carbocycles. The lowest BCUT2D eigenvalue weighted by atomic mass is 9.94. The third kappa shape index (κ3) is 2.53. The van der Waals surface area contributed by atoms with Gasteiger partial charge in [-0.2, -0.15) is 0 Å². The number of nitrogens with one attached hydrogen (secondary N) is 1. The normalized spacial score (nSPS) is 12.2. The lowest BCUT2D eigenvalue weighted by Crippen LogP contribution is -2.11. The second-order valence-corrected chi connectivity index (χ2v) is 7.74. The zero-order valence-corrected chi connectivity index (χ0v) is 13.2. The van der Waals surface area contributed by atoms with Crippen molar-refractivity contribution in [3.05, 3.63) is 43.7 Å². The number of thiazole rings is 1. The summed E-state index contributed by atoms with van der Waals surface area (Å²) < 4.78 is 0. The first-order chi connectivity index (χ1) is 9.43. The average Bonchev–Trinajstić information content (AvgIpc) is 2.96. The van der Waals surface area contributed by atoms with E-state index in [1.807, 2.05) is 12.3 Å². The van der Waals surface area contributed by atoms with E-state index in [9.17, 15) is 4.79 Å². The molecule has 0 saturated heterocycles. The second-order valence-electron chi connectivity index (χ2n) is 5.74. The molecule has 3 aromatic rings. The summed E-state index contributed by atoms with van der Waals surface area (Å²) in [4.78, 5) is 26.8. The highest BCUT2D eigenvalue weighted by Crippen LogP contribution is 2.31. The summed E-state index contributed by atoms with van der Waals surface area (Å²) in [7, 11) is 0. The molecule has 0 aliphatic rings. The molecule has 3 heterocycles. The van der Waals surface area contributed by atoms with Crippen LogP contribution in [0.4, 0.5) is 0 Å². The van der Waals surface area contributed by atoms with Gasteiger partial charge in [-0.25, -0.2) is 4.98 Å². The van der Waals surface area contributed by atoms with E-state index in [0.29, 0.717) is 17.6 Å². The molecule has 0 saturated carbocycles. The molecule has 0 amide bonds. The molecule has 0 spiro atoms. The Morgan fingerprint density at radius 3 is 2.80 bits per heavy atom. The Labute approximate surface area is 124 Å². The molecule has 3 rings (SSSR count). The standard InChI is InChI=1S/C14H15N3OS2/c1-14(2,3)10-5-9-12(18)16-11(17-13(9)20-10)4-8-6-15-7-19-8/h5-7H,4H2,1-3H3,(H,16,17,18). The fraction of sp³-hybridized carbons (Fsp3) is 0.357. The summed E-state index contributed by atoms with van der Waals surface area (Å²) in [5.41, 5.74) is 1.77. The SMILES string of the molecule is CC(C)(C)c1cc2c(=O)[nH]c(Cc3cncs3)nc2s1. The molecule has 0 radical (unpaired) electrons. The highest BCUT2D eigenvalue weighted by atomic mass is 32.1. The molecule has 3 aromatic heterocycles. The van der Waals surface area contributed by atoms with Crippen LogP contribution in [-0.4, -0.2) is 15.0 Å². The number of rotatable bonds is 2. The van der Waals surface area contributed by atoms with E-state index in [0.717, 1.165) is 9.71 Å². The molecule has 0 bridgehead atoms. The van der Waals surface area contributed by atoms with Gasteiger partial charge >= 0.3 is 0 Å². The summed E-state index contributed by atoms with van der Waals surface area (Å²) in [6, 6.07) is 1.96. The predicted molar refractivity (Wildman–Crippen MR) is 83.9 cm³/mol. The van der Waals surface area contributed by atoms with Gasteiger partial charge in [-0.3, -0.25) is 9.78 Å². The van der Waals surface area contributed by atoms with E-state index >= 15 is 0 Å². The first kappa shape index (κ1) is 13.5. The van der Waals surface area contributed by atoms with Gasteiger partial charge < -0.3 is 4.98 Å². The number of H-pyrrole nitrogens is 1. The van der Waals surface area contributed by atoms with Crippen molar-refractivity contribution in [3.8, 4) is 0 Å². The van der Waals surface area contributed by atoms with E-state index in [1.54, 1.807) is 28.2 Å². The lowest BCUT2D eigenvalue weighted by Gasteiger charge is -2.14. The van der Waals surface area contributed by atoms with Crippen LogP contribution in [0.1, 0.15) is 36.3 Å². The second kappa shape index (κ2) is 4.79. The Hall–Kier alpha value is -1.53. The van der Waals surface area contributed by atoms with Crippen molar-refractivity contribution >= 4 is 32.9 Å². The zero-order valence-electron chi connectivity index (χ0n) is 11.6. The van der Waals surface area contributed by atoms with Crippen molar-refractivity contribution in [2.75, 3.05) is 0 Å². The van der Waals surface area contributed by atoms with Crippen molar-refractivity contribution in [1.29, 1.82) is 0 Å². The monoisotopic (exact) mass is 305 g/mol. The summed E-state index contributed by atoms with van der Waals surface area (Å²) in [5.74, 6) is 0.703. The van der Waals surface area contributed by atoms with Crippen LogP contribution in [0.5, 0.6) is 0 Å². The van der Waals surface area contributed by atoms with Gasteiger partial charge in [-0.05, 0) is 11.5 Å². The molecule has 20 heavy (non-hydrogen) atoms. The van der Waals surface area contributed by atoms with Crippen molar-refractivity contribution in [2.45, 2.75) is 32.6 Å². The predicted octanol–water partition coefficient (Wildman–Crippen LogP) is 3.33. The number of aromatic nitrogens is 3. The highest BCUT2D eigenvalue weighted by molar-refractivity contribution is 7.18. The number of thiophene rings is 1. The number of hydrogen-bond acceptors (Lipinski definition) is 5. The average molecular weight is 305 g/mol. The van der Waals surface area contributed by atoms with Gasteiger partial charge in [-0.15, -0.1) is 22.7 Å². The summed E-state index contributed by atoms with van der Waals surface area (Å²) in [6.07, 6.45) is 2.43. The van der Waals surface area contributed by atoms with Crippen LogP contribution in [0, 0.1) is 0 Å². The van der Waals surface area contributed by atoms with Crippen LogP contribution in [0.3, 0.4) is 0 Å². The van der Waals surface area contributed by atoms with Gasteiger partial charge in [0.1, 0.15) is 10.7 Å². The van der Waals surface area contributed by atoms with Crippen LogP contribution in [0.2, 0.25) is 0 Å². The van der Waals surface area contributed by atoms with Crippen molar-refractivity contribution < 1.29 is 0 Å². The van der Waals surface area contributed by atoms with E-state index in [1.165, 1.54) is 4.88 Å². The molecule has 0 fully saturated rings. The van der Waals surface area contributed by atoms with Crippen LogP contribution in [0.25, 0.3) is 10.2 Å². The van der Waals surface area contributed by atoms with Crippen LogP contribution in [0.15, 0.2) is 22.6 Å². The maximum absolute atomic E-state index is 12.2. The van der Waals surface area contributed by atoms with Gasteiger partial charge in [0.25, 0.3) is 5.56 Å². The molecule has 0 unspecified atom stereocenters. The Kier molecular flexibility index (Phi) is 3.22. The highest BCUT2D eigenvalue weighted by Gasteiger charge is 2.19. The van der Waals surface area contributed by atoms with E-state index in [4.69, 9.17) is 0 Å². The third-order valence-corrected chi connectivity index (χ3v) is 5.25. The molecule has 0 aliphatic heterocycles. The fourth-order valence-corrected chi connectivity index (χ4v) is 3.63. The van der Waals surface area contributed by atoms with Gasteiger partial charge in [0, 0.05) is 22.4 Å². The summed E-state index contributed by atoms with van der Waals surface area (Å²) in [6.45, 7) is 6.43.